The number of rotatable bonds is 7. The summed E-state index contributed by atoms with van der Waals surface area (Å²) < 4.78 is 5.38. The number of aromatic nitrogens is 1. The molecule has 0 aliphatic carbocycles. The van der Waals surface area contributed by atoms with Crippen LogP contribution in [0.2, 0.25) is 0 Å². The zero-order valence-corrected chi connectivity index (χ0v) is 14.7. The maximum absolute atomic E-state index is 12.4. The van der Waals surface area contributed by atoms with Gasteiger partial charge in [-0.3, -0.25) is 19.5 Å². The quantitative estimate of drug-likeness (QED) is 0.733. The first kappa shape index (κ1) is 18.1. The van der Waals surface area contributed by atoms with Crippen LogP contribution in [-0.2, 0) is 11.3 Å². The molecule has 26 heavy (non-hydrogen) atoms. The topological polar surface area (TPSA) is 87.5 Å². The van der Waals surface area contributed by atoms with Gasteiger partial charge in [-0.2, -0.15) is 0 Å². The molecule has 1 fully saturated rings. The van der Waals surface area contributed by atoms with E-state index in [0.717, 1.165) is 38.2 Å². The monoisotopic (exact) mass is 356 g/mol. The summed E-state index contributed by atoms with van der Waals surface area (Å²) in [5.74, 6) is 0.760. The smallest absolute Gasteiger partial charge is 0.252 e. The van der Waals surface area contributed by atoms with Gasteiger partial charge in [0.2, 0.25) is 5.91 Å². The minimum atomic E-state index is -0.186. The highest BCUT2D eigenvalue weighted by Crippen LogP contribution is 2.18. The number of carbonyl (C=O) groups is 2. The number of pyridine rings is 1. The number of likely N-dealkylation sites (tertiary alicyclic amines) is 1. The number of hydrogen-bond donors (Lipinski definition) is 2. The van der Waals surface area contributed by atoms with Gasteiger partial charge in [0.05, 0.1) is 24.3 Å². The maximum Gasteiger partial charge on any atom is 0.252 e. The fourth-order valence-corrected chi connectivity index (χ4v) is 3.14. The molecule has 0 unspecified atom stereocenters. The molecular formula is C19H24N4O3. The van der Waals surface area contributed by atoms with Gasteiger partial charge in [-0.1, -0.05) is 0 Å². The second-order valence-electron chi connectivity index (χ2n) is 6.44. The summed E-state index contributed by atoms with van der Waals surface area (Å²) in [7, 11) is 0. The molecule has 3 heterocycles. The fourth-order valence-electron chi connectivity index (χ4n) is 3.14. The molecule has 1 aliphatic rings. The molecule has 138 valence electrons. The Morgan fingerprint density at radius 3 is 2.88 bits per heavy atom. The van der Waals surface area contributed by atoms with E-state index in [-0.39, 0.29) is 17.7 Å². The first-order valence-corrected chi connectivity index (χ1v) is 8.93. The van der Waals surface area contributed by atoms with Crippen LogP contribution in [0.25, 0.3) is 0 Å². The van der Waals surface area contributed by atoms with E-state index in [1.54, 1.807) is 24.6 Å². The van der Waals surface area contributed by atoms with Gasteiger partial charge in [0.25, 0.3) is 5.91 Å². The average molecular weight is 356 g/mol. The first-order chi connectivity index (χ1) is 12.7. The SMILES string of the molecule is O=C(NCCNC(=O)[C@H]1CCCN(Cc2ccco2)C1)c1cccnc1. The molecule has 1 saturated heterocycles. The van der Waals surface area contributed by atoms with Crippen molar-refractivity contribution in [3.8, 4) is 0 Å². The van der Waals surface area contributed by atoms with Crippen LogP contribution in [-0.4, -0.2) is 47.9 Å². The van der Waals surface area contributed by atoms with Crippen molar-refractivity contribution in [3.05, 3.63) is 54.2 Å². The van der Waals surface area contributed by atoms with Crippen LogP contribution < -0.4 is 10.6 Å². The third-order valence-electron chi connectivity index (χ3n) is 4.47. The Balaban J connectivity index is 1.37. The van der Waals surface area contributed by atoms with Crippen molar-refractivity contribution in [3.63, 3.8) is 0 Å². The number of nitrogens with one attached hydrogen (secondary N) is 2. The van der Waals surface area contributed by atoms with Gasteiger partial charge in [-0.25, -0.2) is 0 Å². The van der Waals surface area contributed by atoms with E-state index in [0.29, 0.717) is 18.7 Å². The lowest BCUT2D eigenvalue weighted by atomic mass is 9.97. The van der Waals surface area contributed by atoms with E-state index < -0.39 is 0 Å². The summed E-state index contributed by atoms with van der Waals surface area (Å²) in [6, 6.07) is 7.25. The van der Waals surface area contributed by atoms with Crippen LogP contribution in [0.3, 0.4) is 0 Å². The number of piperidine rings is 1. The Bertz CT molecular complexity index is 703. The second kappa shape index (κ2) is 9.15. The Morgan fingerprint density at radius 2 is 2.12 bits per heavy atom. The molecule has 7 heteroatoms. The lowest BCUT2D eigenvalue weighted by Crippen LogP contribution is -2.44. The number of nitrogens with zero attached hydrogens (tertiary/aromatic N) is 2. The summed E-state index contributed by atoms with van der Waals surface area (Å²) in [6.07, 6.45) is 6.70. The zero-order valence-electron chi connectivity index (χ0n) is 14.7. The van der Waals surface area contributed by atoms with Crippen molar-refractivity contribution < 1.29 is 14.0 Å². The third kappa shape index (κ3) is 5.16. The Kier molecular flexibility index (Phi) is 6.38. The van der Waals surface area contributed by atoms with Crippen LogP contribution in [0.1, 0.15) is 29.0 Å². The standard InChI is InChI=1S/C19H24N4O3/c24-18(15-4-1-7-20-12-15)21-8-9-22-19(25)16-5-2-10-23(13-16)14-17-6-3-11-26-17/h1,3-4,6-7,11-12,16H,2,5,8-10,13-14H2,(H,21,24)(H,22,25)/t16-/m0/s1. The molecule has 0 radical (unpaired) electrons. The Labute approximate surface area is 152 Å². The molecule has 0 saturated carbocycles. The molecule has 0 bridgehead atoms. The summed E-state index contributed by atoms with van der Waals surface area (Å²) in [5.41, 5.74) is 0.514. The van der Waals surface area contributed by atoms with Crippen molar-refractivity contribution in [1.82, 2.24) is 20.5 Å². The third-order valence-corrected chi connectivity index (χ3v) is 4.47. The van der Waals surface area contributed by atoms with E-state index in [9.17, 15) is 9.59 Å². The lowest BCUT2D eigenvalue weighted by Gasteiger charge is -2.31. The highest BCUT2D eigenvalue weighted by atomic mass is 16.3. The summed E-state index contributed by atoms with van der Waals surface area (Å²) in [6.45, 7) is 3.25. The molecule has 0 spiro atoms. The molecule has 2 aromatic rings. The maximum atomic E-state index is 12.4. The van der Waals surface area contributed by atoms with Crippen LogP contribution in [0.4, 0.5) is 0 Å². The highest BCUT2D eigenvalue weighted by Gasteiger charge is 2.25. The molecule has 2 aromatic heterocycles. The summed E-state index contributed by atoms with van der Waals surface area (Å²) in [5, 5.41) is 5.70. The van der Waals surface area contributed by atoms with Gasteiger partial charge in [0, 0.05) is 32.0 Å². The second-order valence-corrected chi connectivity index (χ2v) is 6.44. The van der Waals surface area contributed by atoms with Crippen LogP contribution in [0.5, 0.6) is 0 Å². The summed E-state index contributed by atoms with van der Waals surface area (Å²) in [4.78, 5) is 30.4. The Hall–Kier alpha value is -2.67. The molecular weight excluding hydrogens is 332 g/mol. The van der Waals surface area contributed by atoms with Crippen LogP contribution >= 0.6 is 0 Å². The van der Waals surface area contributed by atoms with E-state index >= 15 is 0 Å². The number of amides is 2. The van der Waals surface area contributed by atoms with Crippen LogP contribution in [0, 0.1) is 5.92 Å². The molecule has 1 atom stereocenters. The van der Waals surface area contributed by atoms with Gasteiger partial charge in [-0.15, -0.1) is 0 Å². The average Bonchev–Trinajstić information content (AvgIpc) is 3.19. The van der Waals surface area contributed by atoms with E-state index in [4.69, 9.17) is 4.42 Å². The van der Waals surface area contributed by atoms with Gasteiger partial charge in [0.1, 0.15) is 5.76 Å². The van der Waals surface area contributed by atoms with Gasteiger partial charge in [-0.05, 0) is 43.7 Å². The van der Waals surface area contributed by atoms with Crippen molar-refractivity contribution in [2.45, 2.75) is 19.4 Å². The van der Waals surface area contributed by atoms with Gasteiger partial charge < -0.3 is 15.1 Å². The molecule has 7 nitrogen and oxygen atoms in total. The minimum Gasteiger partial charge on any atom is -0.468 e. The fraction of sp³-hybridized carbons (Fsp3) is 0.421. The van der Waals surface area contributed by atoms with Crippen molar-refractivity contribution >= 4 is 11.8 Å². The van der Waals surface area contributed by atoms with Crippen molar-refractivity contribution in [2.75, 3.05) is 26.2 Å². The molecule has 3 rings (SSSR count). The van der Waals surface area contributed by atoms with E-state index in [1.165, 1.54) is 6.20 Å². The van der Waals surface area contributed by atoms with Gasteiger partial charge in [0.15, 0.2) is 0 Å². The molecule has 2 N–H and O–H groups in total. The summed E-state index contributed by atoms with van der Waals surface area (Å²) >= 11 is 0. The van der Waals surface area contributed by atoms with Gasteiger partial charge >= 0.3 is 0 Å². The number of hydrogen-bond acceptors (Lipinski definition) is 5. The molecule has 2 amide bonds. The lowest BCUT2D eigenvalue weighted by molar-refractivity contribution is -0.126. The Morgan fingerprint density at radius 1 is 1.23 bits per heavy atom. The minimum absolute atomic E-state index is 0.0206. The van der Waals surface area contributed by atoms with Crippen molar-refractivity contribution in [1.29, 1.82) is 0 Å². The first-order valence-electron chi connectivity index (χ1n) is 8.93. The van der Waals surface area contributed by atoms with E-state index in [2.05, 4.69) is 20.5 Å². The molecule has 0 aromatic carbocycles. The molecule has 1 aliphatic heterocycles. The normalized spacial score (nSPS) is 17.6. The largest absolute Gasteiger partial charge is 0.468 e. The van der Waals surface area contributed by atoms with E-state index in [1.807, 2.05) is 12.1 Å². The number of furan rings is 1. The predicted octanol–water partition coefficient (Wildman–Crippen LogP) is 1.43. The van der Waals surface area contributed by atoms with Crippen molar-refractivity contribution in [2.24, 2.45) is 5.92 Å². The predicted molar refractivity (Wildman–Crippen MR) is 96.3 cm³/mol. The number of carbonyl (C=O) groups excluding carboxylic acids is 2. The highest BCUT2D eigenvalue weighted by molar-refractivity contribution is 5.93. The van der Waals surface area contributed by atoms with Crippen LogP contribution in [0.15, 0.2) is 47.3 Å². The zero-order chi connectivity index (χ0) is 18.2.